The summed E-state index contributed by atoms with van der Waals surface area (Å²) in [7, 11) is 0. The third-order valence-electron chi connectivity index (χ3n) is 3.64. The fourth-order valence-corrected chi connectivity index (χ4v) is 2.14. The first-order chi connectivity index (χ1) is 8.49. The molecule has 4 N–H and O–H groups in total. The molecule has 3 unspecified atom stereocenters. The summed E-state index contributed by atoms with van der Waals surface area (Å²) in [5, 5.41) is 12.7. The summed E-state index contributed by atoms with van der Waals surface area (Å²) in [6.45, 7) is 9.09. The van der Waals surface area contributed by atoms with E-state index in [9.17, 15) is 5.11 Å². The highest BCUT2D eigenvalue weighted by atomic mass is 16.3. The normalized spacial score (nSPS) is 16.3. The minimum Gasteiger partial charge on any atom is -0.396 e. The van der Waals surface area contributed by atoms with Crippen LogP contribution in [-0.2, 0) is 0 Å². The van der Waals surface area contributed by atoms with Gasteiger partial charge in [0.2, 0.25) is 0 Å². The van der Waals surface area contributed by atoms with E-state index in [4.69, 9.17) is 5.73 Å². The van der Waals surface area contributed by atoms with Crippen LogP contribution in [0.1, 0.15) is 36.6 Å². The van der Waals surface area contributed by atoms with Crippen LogP contribution in [0.25, 0.3) is 0 Å². The summed E-state index contributed by atoms with van der Waals surface area (Å²) in [6.07, 6.45) is 0. The maximum atomic E-state index is 9.18. The molecule has 0 aliphatic heterocycles. The number of aliphatic hydroxyl groups excluding tert-OH is 1. The second-order valence-electron chi connectivity index (χ2n) is 5.26. The average Bonchev–Trinajstić information content (AvgIpc) is 2.35. The second kappa shape index (κ2) is 6.88. The average molecular weight is 250 g/mol. The minimum atomic E-state index is 0.148. The van der Waals surface area contributed by atoms with Gasteiger partial charge in [0.25, 0.3) is 0 Å². The van der Waals surface area contributed by atoms with Crippen molar-refractivity contribution in [3.63, 3.8) is 0 Å². The summed E-state index contributed by atoms with van der Waals surface area (Å²) in [4.78, 5) is 0. The Hall–Kier alpha value is -0.900. The Morgan fingerprint density at radius 1 is 1.28 bits per heavy atom. The summed E-state index contributed by atoms with van der Waals surface area (Å²) in [5.74, 6) is 0.227. The zero-order valence-corrected chi connectivity index (χ0v) is 11.9. The van der Waals surface area contributed by atoms with Crippen molar-refractivity contribution in [2.75, 3.05) is 13.2 Å². The Labute approximate surface area is 110 Å². The van der Waals surface area contributed by atoms with Crippen LogP contribution in [0.2, 0.25) is 0 Å². The van der Waals surface area contributed by atoms with Gasteiger partial charge in [-0.2, -0.15) is 0 Å². The number of hydrogen-bond donors (Lipinski definition) is 3. The molecule has 0 amide bonds. The van der Waals surface area contributed by atoms with E-state index in [0.29, 0.717) is 6.54 Å². The van der Waals surface area contributed by atoms with Gasteiger partial charge in [-0.1, -0.05) is 30.7 Å². The van der Waals surface area contributed by atoms with Gasteiger partial charge in [0, 0.05) is 25.2 Å². The van der Waals surface area contributed by atoms with Gasteiger partial charge in [-0.15, -0.1) is 0 Å². The van der Waals surface area contributed by atoms with Gasteiger partial charge >= 0.3 is 0 Å². The monoisotopic (exact) mass is 250 g/mol. The number of rotatable bonds is 6. The largest absolute Gasteiger partial charge is 0.396 e. The Morgan fingerprint density at radius 3 is 2.44 bits per heavy atom. The highest BCUT2D eigenvalue weighted by Gasteiger charge is 2.18. The molecule has 1 aromatic rings. The Bertz CT molecular complexity index is 379. The zero-order valence-electron chi connectivity index (χ0n) is 11.9. The smallest absolute Gasteiger partial charge is 0.0471 e. The standard InChI is InChI=1S/C15H26N2O/c1-10-5-6-14(11(2)7-10)15(8-16)17-13(4)12(3)9-18/h5-7,12-13,15,17-18H,8-9,16H2,1-4H3. The molecule has 0 aliphatic rings. The number of aliphatic hydroxyl groups is 1. The number of nitrogens with two attached hydrogens (primary N) is 1. The van der Waals surface area contributed by atoms with Crippen molar-refractivity contribution in [2.24, 2.45) is 11.7 Å². The molecular weight excluding hydrogens is 224 g/mol. The van der Waals surface area contributed by atoms with E-state index in [-0.39, 0.29) is 24.6 Å². The van der Waals surface area contributed by atoms with E-state index in [1.54, 1.807) is 0 Å². The van der Waals surface area contributed by atoms with Crippen LogP contribution >= 0.6 is 0 Å². The highest BCUT2D eigenvalue weighted by molar-refractivity contribution is 5.33. The lowest BCUT2D eigenvalue weighted by Crippen LogP contribution is -2.40. The Morgan fingerprint density at radius 2 is 1.94 bits per heavy atom. The number of hydrogen-bond acceptors (Lipinski definition) is 3. The molecule has 0 saturated carbocycles. The van der Waals surface area contributed by atoms with Crippen LogP contribution in [0.15, 0.2) is 18.2 Å². The Kier molecular flexibility index (Phi) is 5.79. The van der Waals surface area contributed by atoms with Crippen molar-refractivity contribution in [1.29, 1.82) is 0 Å². The summed E-state index contributed by atoms with van der Waals surface area (Å²) in [6, 6.07) is 6.83. The van der Waals surface area contributed by atoms with Crippen molar-refractivity contribution in [3.8, 4) is 0 Å². The van der Waals surface area contributed by atoms with Gasteiger partial charge in [0.15, 0.2) is 0 Å². The summed E-state index contributed by atoms with van der Waals surface area (Å²) < 4.78 is 0. The molecular formula is C15H26N2O. The fourth-order valence-electron chi connectivity index (χ4n) is 2.14. The molecule has 1 aromatic carbocycles. The minimum absolute atomic E-state index is 0.148. The van der Waals surface area contributed by atoms with Crippen molar-refractivity contribution < 1.29 is 5.11 Å². The molecule has 0 radical (unpaired) electrons. The zero-order chi connectivity index (χ0) is 13.7. The van der Waals surface area contributed by atoms with Gasteiger partial charge < -0.3 is 16.2 Å². The predicted octanol–water partition coefficient (Wildman–Crippen LogP) is 1.91. The topological polar surface area (TPSA) is 58.3 Å². The second-order valence-corrected chi connectivity index (χ2v) is 5.26. The number of benzene rings is 1. The molecule has 18 heavy (non-hydrogen) atoms. The van der Waals surface area contributed by atoms with Gasteiger partial charge in [0.05, 0.1) is 0 Å². The van der Waals surface area contributed by atoms with Crippen LogP contribution in [0.4, 0.5) is 0 Å². The van der Waals surface area contributed by atoms with E-state index in [1.165, 1.54) is 16.7 Å². The molecule has 3 nitrogen and oxygen atoms in total. The molecule has 0 aromatic heterocycles. The van der Waals surface area contributed by atoms with Gasteiger partial charge in [-0.3, -0.25) is 0 Å². The van der Waals surface area contributed by atoms with Crippen molar-refractivity contribution >= 4 is 0 Å². The molecule has 1 rings (SSSR count). The third kappa shape index (κ3) is 3.80. The first-order valence-electron chi connectivity index (χ1n) is 6.63. The molecule has 102 valence electrons. The van der Waals surface area contributed by atoms with Crippen molar-refractivity contribution in [2.45, 2.75) is 39.8 Å². The maximum Gasteiger partial charge on any atom is 0.0471 e. The van der Waals surface area contributed by atoms with Crippen LogP contribution in [0.5, 0.6) is 0 Å². The Balaban J connectivity index is 2.83. The number of nitrogens with one attached hydrogen (secondary N) is 1. The van der Waals surface area contributed by atoms with Crippen LogP contribution in [-0.4, -0.2) is 24.3 Å². The van der Waals surface area contributed by atoms with E-state index in [0.717, 1.165) is 0 Å². The van der Waals surface area contributed by atoms with E-state index < -0.39 is 0 Å². The quantitative estimate of drug-likeness (QED) is 0.723. The number of aryl methyl sites for hydroxylation is 2. The first kappa shape index (κ1) is 15.2. The van der Waals surface area contributed by atoms with Crippen LogP contribution < -0.4 is 11.1 Å². The molecule has 0 bridgehead atoms. The van der Waals surface area contributed by atoms with E-state index >= 15 is 0 Å². The lowest BCUT2D eigenvalue weighted by molar-refractivity contribution is 0.201. The lowest BCUT2D eigenvalue weighted by atomic mass is 9.96. The van der Waals surface area contributed by atoms with E-state index in [1.807, 2.05) is 6.92 Å². The van der Waals surface area contributed by atoms with Gasteiger partial charge in [0.1, 0.15) is 0 Å². The lowest BCUT2D eigenvalue weighted by Gasteiger charge is -2.27. The van der Waals surface area contributed by atoms with Crippen molar-refractivity contribution in [1.82, 2.24) is 5.32 Å². The summed E-state index contributed by atoms with van der Waals surface area (Å²) >= 11 is 0. The molecule has 0 aliphatic carbocycles. The molecule has 0 saturated heterocycles. The first-order valence-corrected chi connectivity index (χ1v) is 6.63. The van der Waals surface area contributed by atoms with Gasteiger partial charge in [-0.25, -0.2) is 0 Å². The van der Waals surface area contributed by atoms with Gasteiger partial charge in [-0.05, 0) is 37.8 Å². The molecule has 0 fully saturated rings. The SMILES string of the molecule is Cc1ccc(C(CN)NC(C)C(C)CO)c(C)c1. The molecule has 0 spiro atoms. The molecule has 0 heterocycles. The molecule has 3 atom stereocenters. The summed E-state index contributed by atoms with van der Waals surface area (Å²) in [5.41, 5.74) is 9.66. The predicted molar refractivity (Wildman–Crippen MR) is 76.6 cm³/mol. The van der Waals surface area contributed by atoms with Crippen LogP contribution in [0.3, 0.4) is 0 Å². The third-order valence-corrected chi connectivity index (χ3v) is 3.64. The van der Waals surface area contributed by atoms with Crippen LogP contribution in [0, 0.1) is 19.8 Å². The maximum absolute atomic E-state index is 9.18. The van der Waals surface area contributed by atoms with E-state index in [2.05, 4.69) is 44.3 Å². The highest BCUT2D eigenvalue weighted by Crippen LogP contribution is 2.19. The molecule has 3 heteroatoms. The van der Waals surface area contributed by atoms with Crippen molar-refractivity contribution in [3.05, 3.63) is 34.9 Å². The fraction of sp³-hybridized carbons (Fsp3) is 0.600.